The fraction of sp³-hybridized carbons (Fsp3) is 0.364. The summed E-state index contributed by atoms with van der Waals surface area (Å²) >= 11 is 0. The summed E-state index contributed by atoms with van der Waals surface area (Å²) in [4.78, 5) is 9.23. The van der Waals surface area contributed by atoms with Crippen molar-refractivity contribution in [1.82, 2.24) is 15.2 Å². The van der Waals surface area contributed by atoms with E-state index in [-0.39, 0.29) is 6.04 Å². The fourth-order valence-corrected chi connectivity index (χ4v) is 2.68. The van der Waals surface area contributed by atoms with Gasteiger partial charge in [0.15, 0.2) is 0 Å². The van der Waals surface area contributed by atoms with Crippen LogP contribution in [0, 0.1) is 0 Å². The van der Waals surface area contributed by atoms with Gasteiger partial charge in [-0.1, -0.05) is 0 Å². The largest absolute Gasteiger partial charge is 0.287 e. The molecule has 2 aliphatic rings. The first-order valence-corrected chi connectivity index (χ1v) is 5.29. The van der Waals surface area contributed by atoms with Crippen LogP contribution in [-0.2, 0) is 0 Å². The van der Waals surface area contributed by atoms with Gasteiger partial charge in [-0.2, -0.15) is 5.10 Å². The zero-order chi connectivity index (χ0) is 9.83. The Bertz CT molecular complexity index is 569. The molecule has 2 unspecified atom stereocenters. The molecular formula is C11H10N4. The quantitative estimate of drug-likeness (QED) is 0.703. The lowest BCUT2D eigenvalue weighted by atomic mass is 9.91. The molecule has 2 bridgehead atoms. The zero-order valence-corrected chi connectivity index (χ0v) is 8.14. The van der Waals surface area contributed by atoms with Crippen LogP contribution in [0.3, 0.4) is 0 Å². The van der Waals surface area contributed by atoms with Crippen LogP contribution >= 0.6 is 0 Å². The highest BCUT2D eigenvalue weighted by Crippen LogP contribution is 2.45. The number of rotatable bonds is 0. The molecule has 2 aromatic rings. The number of aliphatic imine (C=N–C) groups is 1. The third-order valence-electron chi connectivity index (χ3n) is 3.40. The molecule has 0 amide bonds. The van der Waals surface area contributed by atoms with E-state index in [9.17, 15) is 0 Å². The van der Waals surface area contributed by atoms with Gasteiger partial charge in [0.05, 0.1) is 17.4 Å². The van der Waals surface area contributed by atoms with Crippen molar-refractivity contribution in [3.8, 4) is 0 Å². The van der Waals surface area contributed by atoms with E-state index < -0.39 is 0 Å². The van der Waals surface area contributed by atoms with E-state index in [1.54, 1.807) is 0 Å². The van der Waals surface area contributed by atoms with Gasteiger partial charge in [0, 0.05) is 17.0 Å². The molecule has 0 saturated carbocycles. The van der Waals surface area contributed by atoms with Crippen molar-refractivity contribution in [3.63, 3.8) is 0 Å². The Labute approximate surface area is 86.4 Å². The second kappa shape index (κ2) is 2.45. The average molecular weight is 198 g/mol. The molecule has 0 saturated heterocycles. The van der Waals surface area contributed by atoms with Gasteiger partial charge in [-0.25, -0.2) is 0 Å². The van der Waals surface area contributed by atoms with Gasteiger partial charge in [0.1, 0.15) is 6.04 Å². The Kier molecular flexibility index (Phi) is 1.24. The molecular weight excluding hydrogens is 188 g/mol. The van der Waals surface area contributed by atoms with Crippen molar-refractivity contribution < 1.29 is 0 Å². The predicted octanol–water partition coefficient (Wildman–Crippen LogP) is 1.96. The monoisotopic (exact) mass is 198 g/mol. The summed E-state index contributed by atoms with van der Waals surface area (Å²) in [5.41, 5.74) is 3.39. The summed E-state index contributed by atoms with van der Waals surface area (Å²) in [6.07, 6.45) is 6.14. The van der Waals surface area contributed by atoms with Gasteiger partial charge in [-0.3, -0.25) is 15.1 Å². The second-order valence-corrected chi connectivity index (χ2v) is 4.22. The van der Waals surface area contributed by atoms with Crippen molar-refractivity contribution in [2.24, 2.45) is 4.99 Å². The molecule has 15 heavy (non-hydrogen) atoms. The molecule has 74 valence electrons. The molecule has 0 aromatic carbocycles. The molecule has 4 heterocycles. The Morgan fingerprint density at radius 2 is 2.40 bits per heavy atom. The minimum atomic E-state index is 0.254. The first-order chi connectivity index (χ1) is 7.43. The van der Waals surface area contributed by atoms with Gasteiger partial charge < -0.3 is 0 Å². The van der Waals surface area contributed by atoms with Gasteiger partial charge in [-0.15, -0.1) is 0 Å². The summed E-state index contributed by atoms with van der Waals surface area (Å²) in [5, 5.41) is 8.20. The maximum Gasteiger partial charge on any atom is 0.101 e. The molecule has 0 aliphatic carbocycles. The van der Waals surface area contributed by atoms with Crippen LogP contribution < -0.4 is 0 Å². The lowest BCUT2D eigenvalue weighted by Gasteiger charge is -2.18. The van der Waals surface area contributed by atoms with Crippen molar-refractivity contribution in [2.75, 3.05) is 0 Å². The topological polar surface area (TPSA) is 53.9 Å². The third-order valence-corrected chi connectivity index (χ3v) is 3.40. The molecule has 4 nitrogen and oxygen atoms in total. The highest BCUT2D eigenvalue weighted by Gasteiger charge is 2.35. The van der Waals surface area contributed by atoms with E-state index >= 15 is 0 Å². The number of hydrogen-bond donors (Lipinski definition) is 1. The van der Waals surface area contributed by atoms with Crippen LogP contribution in [0.5, 0.6) is 0 Å². The van der Waals surface area contributed by atoms with E-state index in [0.717, 1.165) is 23.0 Å². The average Bonchev–Trinajstić information content (AvgIpc) is 2.85. The number of aromatic amines is 1. The SMILES string of the molecule is C1=NC2c3nc(cc4[nH]ncc34)C2CC1. The number of hydrogen-bond acceptors (Lipinski definition) is 3. The molecule has 2 aliphatic heterocycles. The van der Waals surface area contributed by atoms with Crippen molar-refractivity contribution in [3.05, 3.63) is 23.7 Å². The summed E-state index contributed by atoms with van der Waals surface area (Å²) in [6, 6.07) is 2.38. The number of fused-ring (bicyclic) bond motifs is 7. The van der Waals surface area contributed by atoms with Crippen LogP contribution in [0.1, 0.15) is 36.2 Å². The summed E-state index contributed by atoms with van der Waals surface area (Å²) < 4.78 is 0. The Morgan fingerprint density at radius 3 is 3.40 bits per heavy atom. The van der Waals surface area contributed by atoms with E-state index in [0.29, 0.717) is 5.92 Å². The molecule has 4 heteroatoms. The van der Waals surface area contributed by atoms with Crippen molar-refractivity contribution in [2.45, 2.75) is 24.8 Å². The van der Waals surface area contributed by atoms with Crippen LogP contribution in [0.15, 0.2) is 17.3 Å². The molecule has 0 spiro atoms. The minimum absolute atomic E-state index is 0.254. The van der Waals surface area contributed by atoms with E-state index in [2.05, 4.69) is 26.2 Å². The van der Waals surface area contributed by atoms with Gasteiger partial charge >= 0.3 is 0 Å². The van der Waals surface area contributed by atoms with Crippen LogP contribution in [0.25, 0.3) is 10.9 Å². The van der Waals surface area contributed by atoms with Crippen LogP contribution in [0.2, 0.25) is 0 Å². The highest BCUT2D eigenvalue weighted by molar-refractivity contribution is 5.83. The van der Waals surface area contributed by atoms with Gasteiger partial charge in [0.2, 0.25) is 0 Å². The molecule has 0 radical (unpaired) electrons. The number of H-pyrrole nitrogens is 1. The second-order valence-electron chi connectivity index (χ2n) is 4.22. The standard InChI is InChI=1S/C11H10N4/c1-2-6-8-4-9-7(5-13-15-9)11(14-8)10(6)12-3-1/h3-6,10H,1-2H2,(H,13,15). The molecule has 0 fully saturated rings. The summed E-state index contributed by atoms with van der Waals surface area (Å²) in [6.45, 7) is 0. The van der Waals surface area contributed by atoms with Gasteiger partial charge in [-0.05, 0) is 25.1 Å². The highest BCUT2D eigenvalue weighted by atomic mass is 15.1. The maximum atomic E-state index is 4.66. The van der Waals surface area contributed by atoms with E-state index in [1.807, 2.05) is 12.4 Å². The number of aromatic nitrogens is 3. The Morgan fingerprint density at radius 1 is 1.40 bits per heavy atom. The first kappa shape index (κ1) is 7.56. The molecule has 1 N–H and O–H groups in total. The van der Waals surface area contributed by atoms with Gasteiger partial charge in [0.25, 0.3) is 0 Å². The van der Waals surface area contributed by atoms with E-state index in [1.165, 1.54) is 12.1 Å². The number of nitrogens with one attached hydrogen (secondary N) is 1. The number of pyridine rings is 1. The van der Waals surface area contributed by atoms with Crippen LogP contribution in [0.4, 0.5) is 0 Å². The lowest BCUT2D eigenvalue weighted by molar-refractivity contribution is 0.537. The van der Waals surface area contributed by atoms with Crippen molar-refractivity contribution >= 4 is 17.1 Å². The molecule has 2 atom stereocenters. The fourth-order valence-electron chi connectivity index (χ4n) is 2.68. The Hall–Kier alpha value is -1.71. The summed E-state index contributed by atoms with van der Waals surface area (Å²) in [5.74, 6) is 0.505. The lowest BCUT2D eigenvalue weighted by Crippen LogP contribution is -2.07. The Balaban J connectivity index is 2.07. The predicted molar refractivity (Wildman–Crippen MR) is 57.1 cm³/mol. The van der Waals surface area contributed by atoms with Crippen molar-refractivity contribution in [1.29, 1.82) is 0 Å². The minimum Gasteiger partial charge on any atom is -0.287 e. The first-order valence-electron chi connectivity index (χ1n) is 5.29. The molecule has 2 aromatic heterocycles. The van der Waals surface area contributed by atoms with Crippen LogP contribution in [-0.4, -0.2) is 21.4 Å². The zero-order valence-electron chi connectivity index (χ0n) is 8.14. The third kappa shape index (κ3) is 0.843. The molecule has 4 rings (SSSR count). The normalized spacial score (nSPS) is 27.2. The number of nitrogens with zero attached hydrogens (tertiary/aromatic N) is 3. The smallest absolute Gasteiger partial charge is 0.101 e. The maximum absolute atomic E-state index is 4.66. The summed E-state index contributed by atoms with van der Waals surface area (Å²) in [7, 11) is 0. The van der Waals surface area contributed by atoms with E-state index in [4.69, 9.17) is 0 Å².